The van der Waals surface area contributed by atoms with Crippen molar-refractivity contribution in [1.29, 1.82) is 0 Å². The van der Waals surface area contributed by atoms with E-state index in [0.717, 1.165) is 28.9 Å². The highest BCUT2D eigenvalue weighted by molar-refractivity contribution is 5.98. The number of halogens is 1. The first-order valence-electron chi connectivity index (χ1n) is 11.1. The highest BCUT2D eigenvalue weighted by atomic mass is 19.1. The van der Waals surface area contributed by atoms with Crippen LogP contribution in [0.25, 0.3) is 0 Å². The second-order valence-corrected chi connectivity index (χ2v) is 9.34. The van der Waals surface area contributed by atoms with Crippen molar-refractivity contribution in [2.75, 3.05) is 24.2 Å². The highest BCUT2D eigenvalue weighted by Crippen LogP contribution is 2.43. The number of amides is 1. The Balaban J connectivity index is 1.26. The molecule has 4 nitrogen and oxygen atoms in total. The van der Waals surface area contributed by atoms with E-state index in [9.17, 15) is 9.18 Å². The van der Waals surface area contributed by atoms with Crippen molar-refractivity contribution in [2.45, 2.75) is 57.0 Å². The number of aryl methyl sites for hydroxylation is 1. The lowest BCUT2D eigenvalue weighted by Crippen LogP contribution is -2.34. The van der Waals surface area contributed by atoms with Gasteiger partial charge in [0.25, 0.3) is 0 Å². The number of carbonyl (C=O) groups is 1. The van der Waals surface area contributed by atoms with Crippen LogP contribution in [0, 0.1) is 18.7 Å². The van der Waals surface area contributed by atoms with E-state index in [-0.39, 0.29) is 11.7 Å². The number of carbonyl (C=O) groups excluding carboxylic acids is 1. The minimum atomic E-state index is -0.441. The summed E-state index contributed by atoms with van der Waals surface area (Å²) in [6.07, 6.45) is 5.40. The predicted molar refractivity (Wildman–Crippen MR) is 118 cm³/mol. The van der Waals surface area contributed by atoms with Crippen molar-refractivity contribution in [2.24, 2.45) is 5.92 Å². The van der Waals surface area contributed by atoms with Crippen LogP contribution in [-0.4, -0.2) is 36.5 Å². The number of hydrogen-bond donors (Lipinski definition) is 2. The van der Waals surface area contributed by atoms with Crippen LogP contribution in [0.1, 0.15) is 48.3 Å². The minimum Gasteiger partial charge on any atom is -0.373 e. The second-order valence-electron chi connectivity index (χ2n) is 9.34. The van der Waals surface area contributed by atoms with Crippen LogP contribution in [0.15, 0.2) is 36.4 Å². The first-order valence-corrected chi connectivity index (χ1v) is 11.1. The van der Waals surface area contributed by atoms with Crippen LogP contribution < -0.4 is 10.6 Å². The molecule has 1 saturated carbocycles. The highest BCUT2D eigenvalue weighted by Gasteiger charge is 2.37. The van der Waals surface area contributed by atoms with E-state index in [4.69, 9.17) is 0 Å². The van der Waals surface area contributed by atoms with Gasteiger partial charge in [0.15, 0.2) is 0 Å². The Labute approximate surface area is 177 Å². The lowest BCUT2D eigenvalue weighted by molar-refractivity contribution is -0.116. The van der Waals surface area contributed by atoms with Crippen LogP contribution in [0.5, 0.6) is 0 Å². The summed E-state index contributed by atoms with van der Waals surface area (Å²) in [5.41, 5.74) is 4.50. The molecular formula is C25H30FN3O. The van der Waals surface area contributed by atoms with Gasteiger partial charge in [-0.05, 0) is 87.4 Å². The van der Waals surface area contributed by atoms with Crippen molar-refractivity contribution < 1.29 is 9.18 Å². The van der Waals surface area contributed by atoms with Crippen molar-refractivity contribution in [3.63, 3.8) is 0 Å². The summed E-state index contributed by atoms with van der Waals surface area (Å²) in [4.78, 5) is 15.4. The molecule has 1 amide bonds. The topological polar surface area (TPSA) is 44.4 Å². The predicted octanol–water partition coefficient (Wildman–Crippen LogP) is 4.70. The number of benzene rings is 2. The molecule has 2 aromatic rings. The molecule has 0 bridgehead atoms. The molecule has 5 heteroatoms. The van der Waals surface area contributed by atoms with Crippen LogP contribution in [-0.2, 0) is 11.2 Å². The second kappa shape index (κ2) is 7.69. The monoisotopic (exact) mass is 407 g/mol. The molecule has 2 N–H and O–H groups in total. The van der Waals surface area contributed by atoms with Gasteiger partial charge in [0.1, 0.15) is 11.9 Å². The SMILES string of the molecule is Cc1ccc(F)c2c1NC(C(=O)Nc1cccc(C3CCC4C(CCN4C)C3)c1)C2. The molecule has 30 heavy (non-hydrogen) atoms. The van der Waals surface area contributed by atoms with E-state index in [2.05, 4.69) is 34.7 Å². The third-order valence-corrected chi connectivity index (χ3v) is 7.49. The largest absolute Gasteiger partial charge is 0.373 e. The Morgan fingerprint density at radius 2 is 2.07 bits per heavy atom. The van der Waals surface area contributed by atoms with E-state index in [0.29, 0.717) is 17.9 Å². The van der Waals surface area contributed by atoms with Gasteiger partial charge >= 0.3 is 0 Å². The Bertz CT molecular complexity index is 944. The van der Waals surface area contributed by atoms with E-state index in [1.54, 1.807) is 6.07 Å². The average molecular weight is 408 g/mol. The molecule has 2 fully saturated rings. The lowest BCUT2D eigenvalue weighted by Gasteiger charge is -2.34. The fourth-order valence-electron chi connectivity index (χ4n) is 5.80. The molecule has 0 spiro atoms. The van der Waals surface area contributed by atoms with Crippen molar-refractivity contribution in [1.82, 2.24) is 4.90 Å². The number of likely N-dealkylation sites (tertiary alicyclic amines) is 1. The molecule has 5 rings (SSSR count). The lowest BCUT2D eigenvalue weighted by atomic mass is 9.75. The summed E-state index contributed by atoms with van der Waals surface area (Å²) in [6.45, 7) is 3.15. The molecule has 1 aliphatic carbocycles. The quantitative estimate of drug-likeness (QED) is 0.775. The number of nitrogens with one attached hydrogen (secondary N) is 2. The molecule has 1 saturated heterocycles. The third kappa shape index (κ3) is 3.49. The number of nitrogens with zero attached hydrogens (tertiary/aromatic N) is 1. The maximum atomic E-state index is 14.1. The third-order valence-electron chi connectivity index (χ3n) is 7.49. The molecule has 2 aromatic carbocycles. The number of fused-ring (bicyclic) bond motifs is 2. The molecule has 4 unspecified atom stereocenters. The molecule has 2 heterocycles. The summed E-state index contributed by atoms with van der Waals surface area (Å²) >= 11 is 0. The van der Waals surface area contributed by atoms with Crippen molar-refractivity contribution >= 4 is 17.3 Å². The average Bonchev–Trinajstić information content (AvgIpc) is 3.36. The summed E-state index contributed by atoms with van der Waals surface area (Å²) in [7, 11) is 2.25. The number of rotatable bonds is 3. The van der Waals surface area contributed by atoms with E-state index in [1.807, 2.05) is 19.1 Å². The van der Waals surface area contributed by atoms with Crippen LogP contribution in [0.4, 0.5) is 15.8 Å². The van der Waals surface area contributed by atoms with Gasteiger partial charge in [0.2, 0.25) is 5.91 Å². The zero-order chi connectivity index (χ0) is 20.8. The minimum absolute atomic E-state index is 0.108. The van der Waals surface area contributed by atoms with Gasteiger partial charge in [0, 0.05) is 29.4 Å². The number of hydrogen-bond acceptors (Lipinski definition) is 3. The zero-order valence-corrected chi connectivity index (χ0v) is 17.7. The molecule has 2 aliphatic heterocycles. The molecule has 3 aliphatic rings. The molecule has 0 radical (unpaired) electrons. The van der Waals surface area contributed by atoms with Crippen molar-refractivity contribution in [3.8, 4) is 0 Å². The first kappa shape index (κ1) is 19.6. The van der Waals surface area contributed by atoms with E-state index in [1.165, 1.54) is 43.9 Å². The van der Waals surface area contributed by atoms with Gasteiger partial charge in [-0.1, -0.05) is 18.2 Å². The molecular weight excluding hydrogens is 377 g/mol. The Kier molecular flexibility index (Phi) is 5.02. The fourth-order valence-corrected chi connectivity index (χ4v) is 5.80. The standard InChI is InChI=1S/C25H30FN3O/c1-15-6-8-21(26)20-14-22(28-24(15)20)25(30)27-19-5-3-4-16(13-19)17-7-9-23-18(12-17)10-11-29(23)2/h3-6,8,13,17-18,22-23,28H,7,9-12,14H2,1-2H3,(H,27,30). The maximum Gasteiger partial charge on any atom is 0.247 e. The van der Waals surface area contributed by atoms with Gasteiger partial charge in [-0.25, -0.2) is 4.39 Å². The fraction of sp³-hybridized carbons (Fsp3) is 0.480. The Morgan fingerprint density at radius 3 is 2.90 bits per heavy atom. The van der Waals surface area contributed by atoms with E-state index < -0.39 is 6.04 Å². The van der Waals surface area contributed by atoms with Crippen LogP contribution in [0.2, 0.25) is 0 Å². The normalized spacial score (nSPS) is 28.0. The summed E-state index contributed by atoms with van der Waals surface area (Å²) < 4.78 is 14.1. The summed E-state index contributed by atoms with van der Waals surface area (Å²) in [5, 5.41) is 6.27. The maximum absolute atomic E-state index is 14.1. The smallest absolute Gasteiger partial charge is 0.247 e. The van der Waals surface area contributed by atoms with Crippen LogP contribution in [0.3, 0.4) is 0 Å². The molecule has 158 valence electrons. The van der Waals surface area contributed by atoms with E-state index >= 15 is 0 Å². The van der Waals surface area contributed by atoms with Gasteiger partial charge in [-0.2, -0.15) is 0 Å². The Morgan fingerprint density at radius 1 is 1.20 bits per heavy atom. The zero-order valence-electron chi connectivity index (χ0n) is 17.7. The van der Waals surface area contributed by atoms with Crippen LogP contribution >= 0.6 is 0 Å². The molecule has 4 atom stereocenters. The summed E-state index contributed by atoms with van der Waals surface area (Å²) in [6, 6.07) is 11.9. The number of anilines is 2. The van der Waals surface area contributed by atoms with Gasteiger partial charge < -0.3 is 15.5 Å². The molecule has 0 aromatic heterocycles. The van der Waals surface area contributed by atoms with Gasteiger partial charge in [-0.15, -0.1) is 0 Å². The summed E-state index contributed by atoms with van der Waals surface area (Å²) in [5.74, 6) is 1.02. The van der Waals surface area contributed by atoms with Crippen molar-refractivity contribution in [3.05, 3.63) is 58.9 Å². The Hall–Kier alpha value is -2.40. The first-order chi connectivity index (χ1) is 14.5. The van der Waals surface area contributed by atoms with Gasteiger partial charge in [0.05, 0.1) is 0 Å². The van der Waals surface area contributed by atoms with Gasteiger partial charge in [-0.3, -0.25) is 4.79 Å².